The molecule has 1 amide bonds. The molecule has 1 atom stereocenters. The fourth-order valence-electron chi connectivity index (χ4n) is 3.96. The lowest BCUT2D eigenvalue weighted by molar-refractivity contribution is -0.117. The van der Waals surface area contributed by atoms with E-state index in [-0.39, 0.29) is 24.6 Å². The summed E-state index contributed by atoms with van der Waals surface area (Å²) in [5.74, 6) is 1.93. The first-order chi connectivity index (χ1) is 16.7. The Hall–Kier alpha value is -2.89. The van der Waals surface area contributed by atoms with Crippen LogP contribution in [0.15, 0.2) is 45.5 Å². The minimum absolute atomic E-state index is 0.0105. The second-order valence-corrected chi connectivity index (χ2v) is 9.75. The number of anilines is 3. The highest BCUT2D eigenvalue weighted by Gasteiger charge is 2.29. The molecule has 34 heavy (non-hydrogen) atoms. The highest BCUT2D eigenvalue weighted by Crippen LogP contribution is 2.32. The third kappa shape index (κ3) is 5.96. The van der Waals surface area contributed by atoms with Gasteiger partial charge in [0, 0.05) is 67.9 Å². The molecule has 1 aromatic carbocycles. The Kier molecular flexibility index (Phi) is 7.12. The van der Waals surface area contributed by atoms with Crippen LogP contribution in [0.3, 0.4) is 0 Å². The lowest BCUT2D eigenvalue weighted by Crippen LogP contribution is -2.47. The quantitative estimate of drug-likeness (QED) is 0.397. The number of piperazine rings is 1. The summed E-state index contributed by atoms with van der Waals surface area (Å²) in [5.41, 5.74) is 3.85. The third-order valence-corrected chi connectivity index (χ3v) is 6.94. The molecule has 1 aliphatic carbocycles. The van der Waals surface area contributed by atoms with Gasteiger partial charge >= 0.3 is 0 Å². The lowest BCUT2D eigenvalue weighted by Gasteiger charge is -2.35. The van der Waals surface area contributed by atoms with E-state index in [9.17, 15) is 9.90 Å². The fraction of sp³-hybridized carbons (Fsp3) is 0.478. The monoisotopic (exact) mass is 482 g/mol. The van der Waals surface area contributed by atoms with Crippen molar-refractivity contribution in [2.75, 3.05) is 54.9 Å². The first-order valence-corrected chi connectivity index (χ1v) is 12.6. The highest BCUT2D eigenvalue weighted by molar-refractivity contribution is 7.99. The van der Waals surface area contributed by atoms with Crippen molar-refractivity contribution in [1.82, 2.24) is 20.3 Å². The van der Waals surface area contributed by atoms with Crippen molar-refractivity contribution in [1.29, 1.82) is 0 Å². The van der Waals surface area contributed by atoms with Crippen LogP contribution >= 0.6 is 11.8 Å². The van der Waals surface area contributed by atoms with Crippen LogP contribution in [0.4, 0.5) is 17.3 Å². The number of hydrogen-bond acceptors (Lipinski definition) is 10. The molecule has 2 aliphatic heterocycles. The number of aliphatic hydroxyl groups is 1. The van der Waals surface area contributed by atoms with Gasteiger partial charge in [0.05, 0.1) is 6.61 Å². The van der Waals surface area contributed by atoms with Gasteiger partial charge < -0.3 is 20.6 Å². The van der Waals surface area contributed by atoms with Crippen molar-refractivity contribution in [2.45, 2.75) is 35.5 Å². The van der Waals surface area contributed by atoms with Crippen LogP contribution in [0.1, 0.15) is 19.3 Å². The van der Waals surface area contributed by atoms with Crippen LogP contribution in [0.2, 0.25) is 0 Å². The molecule has 4 N–H and O–H groups in total. The van der Waals surface area contributed by atoms with E-state index >= 15 is 0 Å². The molecular formula is C23H30N8O2S. The molecule has 3 heterocycles. The number of hydrogen-bond donors (Lipinski definition) is 4. The molecule has 1 saturated carbocycles. The summed E-state index contributed by atoms with van der Waals surface area (Å²) in [5, 5.41) is 20.3. The number of aromatic nitrogens is 2. The van der Waals surface area contributed by atoms with Gasteiger partial charge in [0.15, 0.2) is 5.16 Å². The molecular weight excluding hydrogens is 452 g/mol. The number of rotatable bonds is 9. The number of nitrogens with one attached hydrogen (secondary N) is 3. The second-order valence-electron chi connectivity index (χ2n) is 8.71. The molecule has 3 aliphatic rings. The molecule has 0 radical (unpaired) electrons. The van der Waals surface area contributed by atoms with Gasteiger partial charge in [-0.1, -0.05) is 0 Å². The van der Waals surface area contributed by atoms with Crippen LogP contribution in [-0.4, -0.2) is 77.6 Å². The van der Waals surface area contributed by atoms with E-state index in [1.54, 1.807) is 0 Å². The lowest BCUT2D eigenvalue weighted by atomic mass is 10.3. The minimum atomic E-state index is 0.0105. The zero-order valence-corrected chi connectivity index (χ0v) is 19.8. The molecule has 1 aromatic heterocycles. The number of β-amino-alcohol motifs (C(OH)–C–C–N with tert-alkyl or cyclic N) is 1. The molecule has 1 saturated heterocycles. The van der Waals surface area contributed by atoms with Gasteiger partial charge in [-0.15, -0.1) is 0 Å². The zero-order chi connectivity index (χ0) is 23.3. The number of nitrogens with zero attached hydrogens (tertiary/aromatic N) is 5. The molecule has 0 spiro atoms. The summed E-state index contributed by atoms with van der Waals surface area (Å²) < 4.78 is 0. The summed E-state index contributed by atoms with van der Waals surface area (Å²) in [6, 6.07) is 9.80. The van der Waals surface area contributed by atoms with E-state index in [1.165, 1.54) is 11.8 Å². The van der Waals surface area contributed by atoms with Gasteiger partial charge in [-0.25, -0.2) is 9.97 Å². The predicted molar refractivity (Wildman–Crippen MR) is 133 cm³/mol. The molecule has 0 bridgehead atoms. The van der Waals surface area contributed by atoms with Crippen molar-refractivity contribution >= 4 is 41.2 Å². The molecule has 5 rings (SSSR count). The average Bonchev–Trinajstić information content (AvgIpc) is 3.58. The normalized spacial score (nSPS) is 20.3. The van der Waals surface area contributed by atoms with Crippen molar-refractivity contribution in [3.8, 4) is 0 Å². The summed E-state index contributed by atoms with van der Waals surface area (Å²) >= 11 is 1.50. The molecule has 11 heteroatoms. The van der Waals surface area contributed by atoms with E-state index in [0.717, 1.165) is 67.7 Å². The smallest absolute Gasteiger partial charge is 0.227 e. The van der Waals surface area contributed by atoms with Crippen LogP contribution in [0, 0.1) is 5.92 Å². The van der Waals surface area contributed by atoms with Gasteiger partial charge in [0.2, 0.25) is 5.91 Å². The summed E-state index contributed by atoms with van der Waals surface area (Å²) in [7, 11) is 0. The zero-order valence-electron chi connectivity index (χ0n) is 19.0. The maximum Gasteiger partial charge on any atom is 0.227 e. The molecule has 2 aromatic rings. The maximum atomic E-state index is 12.0. The molecule has 1 unspecified atom stereocenters. The van der Waals surface area contributed by atoms with Crippen molar-refractivity contribution in [2.24, 2.45) is 11.0 Å². The summed E-state index contributed by atoms with van der Waals surface area (Å²) in [4.78, 5) is 27.1. The Bertz CT molecular complexity index is 1010. The summed E-state index contributed by atoms with van der Waals surface area (Å²) in [6.07, 6.45) is 4.62. The molecule has 2 fully saturated rings. The Morgan fingerprint density at radius 3 is 2.62 bits per heavy atom. The molecule has 180 valence electrons. The Morgan fingerprint density at radius 2 is 1.94 bits per heavy atom. The largest absolute Gasteiger partial charge is 0.395 e. The topological polar surface area (TPSA) is 118 Å². The van der Waals surface area contributed by atoms with Crippen LogP contribution in [0.5, 0.6) is 0 Å². The van der Waals surface area contributed by atoms with Crippen LogP contribution in [0.25, 0.3) is 0 Å². The van der Waals surface area contributed by atoms with Gasteiger partial charge in [0.1, 0.15) is 17.8 Å². The van der Waals surface area contributed by atoms with Crippen molar-refractivity contribution in [3.05, 3.63) is 30.3 Å². The van der Waals surface area contributed by atoms with Gasteiger partial charge in [-0.3, -0.25) is 15.1 Å². The fourth-order valence-corrected chi connectivity index (χ4v) is 4.73. The number of carbonyl (C=O) groups excluding carboxylic acids is 1. The number of benzene rings is 1. The van der Waals surface area contributed by atoms with Gasteiger partial charge in [-0.2, -0.15) is 5.10 Å². The molecule has 10 nitrogen and oxygen atoms in total. The Morgan fingerprint density at radius 1 is 1.15 bits per heavy atom. The van der Waals surface area contributed by atoms with Crippen molar-refractivity contribution < 1.29 is 9.90 Å². The third-order valence-electron chi connectivity index (χ3n) is 6.07. The van der Waals surface area contributed by atoms with Gasteiger partial charge in [-0.05, 0) is 48.9 Å². The van der Waals surface area contributed by atoms with E-state index in [1.807, 2.05) is 36.5 Å². The highest BCUT2D eigenvalue weighted by atomic mass is 32.2. The minimum Gasteiger partial charge on any atom is -0.395 e. The van der Waals surface area contributed by atoms with E-state index in [4.69, 9.17) is 9.97 Å². The van der Waals surface area contributed by atoms with Crippen LogP contribution < -0.4 is 21.0 Å². The Labute approximate surface area is 203 Å². The number of aliphatic hydroxyl groups excluding tert-OH is 1. The first kappa shape index (κ1) is 22.9. The Balaban J connectivity index is 1.29. The summed E-state index contributed by atoms with van der Waals surface area (Å²) in [6.45, 7) is 4.36. The van der Waals surface area contributed by atoms with Crippen molar-refractivity contribution in [3.63, 3.8) is 0 Å². The number of carbonyl (C=O) groups is 1. The first-order valence-electron chi connectivity index (χ1n) is 11.8. The SMILES string of the molecule is O=C(Nc1ccc(Sc2nc(NC3CC=NN3)cc(N3CCN(CCO)CC3)n2)cc1)C1CC1. The second kappa shape index (κ2) is 10.6. The average molecular weight is 483 g/mol. The van der Waals surface area contributed by atoms with E-state index in [0.29, 0.717) is 11.7 Å². The number of hydrazone groups is 1. The van der Waals surface area contributed by atoms with E-state index in [2.05, 4.69) is 31.0 Å². The predicted octanol–water partition coefficient (Wildman–Crippen LogP) is 1.81. The van der Waals surface area contributed by atoms with E-state index < -0.39 is 0 Å². The van der Waals surface area contributed by atoms with Gasteiger partial charge in [0.25, 0.3) is 0 Å². The van der Waals surface area contributed by atoms with Crippen LogP contribution in [-0.2, 0) is 4.79 Å². The maximum absolute atomic E-state index is 12.0. The standard InChI is InChI=1S/C23H30N8O2S/c32-14-13-30-9-11-31(12-10-30)21-15-20(26-19-7-8-24-29-19)27-23(28-21)34-18-5-3-17(4-6-18)25-22(33)16-1-2-16/h3-6,8,15-16,19,29,32H,1-2,7,9-14H2,(H,25,33)(H,26,27,28). The number of amides is 1.